The van der Waals surface area contributed by atoms with Gasteiger partial charge >= 0.3 is 0 Å². The molecule has 0 saturated heterocycles. The smallest absolute Gasteiger partial charge is 0.101 e. The molecule has 0 aliphatic carbocycles. The minimum atomic E-state index is 0.596. The van der Waals surface area contributed by atoms with Crippen molar-refractivity contribution in [2.75, 3.05) is 31.5 Å². The van der Waals surface area contributed by atoms with E-state index >= 15 is 0 Å². The summed E-state index contributed by atoms with van der Waals surface area (Å²) in [5.74, 6) is 0. The van der Waals surface area contributed by atoms with Crippen LogP contribution in [-0.2, 0) is 0 Å². The van der Waals surface area contributed by atoms with Crippen molar-refractivity contribution < 1.29 is 0 Å². The van der Waals surface area contributed by atoms with Crippen molar-refractivity contribution in [2.24, 2.45) is 0 Å². The number of rotatable bonds is 7. The Balaban J connectivity index is 2.51. The molecule has 0 saturated carbocycles. The maximum atomic E-state index is 9.02. The lowest BCUT2D eigenvalue weighted by Crippen LogP contribution is -2.29. The van der Waals surface area contributed by atoms with Gasteiger partial charge in [0.2, 0.25) is 0 Å². The Bertz CT molecular complexity index is 412. The summed E-state index contributed by atoms with van der Waals surface area (Å²) >= 11 is 5.86. The van der Waals surface area contributed by atoms with Crippen LogP contribution in [0.2, 0.25) is 5.02 Å². The predicted octanol–water partition coefficient (Wildman–Crippen LogP) is 3.36. The van der Waals surface area contributed by atoms with Gasteiger partial charge in [-0.15, -0.1) is 0 Å². The molecule has 0 aliphatic rings. The average Bonchev–Trinajstić information content (AvgIpc) is 2.39. The Morgan fingerprint density at radius 1 is 1.33 bits per heavy atom. The highest BCUT2D eigenvalue weighted by Gasteiger charge is 2.04. The third-order valence-electron chi connectivity index (χ3n) is 2.83. The van der Waals surface area contributed by atoms with Gasteiger partial charge in [-0.05, 0) is 37.7 Å². The maximum absolute atomic E-state index is 9.02. The molecule has 98 valence electrons. The molecule has 1 N–H and O–H groups in total. The van der Waals surface area contributed by atoms with Crippen LogP contribution in [0.5, 0.6) is 0 Å². The average molecular weight is 266 g/mol. The molecule has 4 heteroatoms. The molecule has 0 bridgehead atoms. The van der Waals surface area contributed by atoms with Gasteiger partial charge in [-0.25, -0.2) is 0 Å². The van der Waals surface area contributed by atoms with Gasteiger partial charge in [0.25, 0.3) is 0 Å². The standard InChI is InChI=1S/C14H20ClN3/c1-3-8-18(4-2)9-7-17-14-6-5-13(15)10-12(14)11-16/h5-6,10,17H,3-4,7-9H2,1-2H3. The van der Waals surface area contributed by atoms with Crippen LogP contribution in [0.4, 0.5) is 5.69 Å². The Morgan fingerprint density at radius 3 is 2.72 bits per heavy atom. The van der Waals surface area contributed by atoms with E-state index in [9.17, 15) is 0 Å². The quantitative estimate of drug-likeness (QED) is 0.822. The number of anilines is 1. The molecule has 0 radical (unpaired) electrons. The van der Waals surface area contributed by atoms with E-state index in [0.717, 1.165) is 38.3 Å². The summed E-state index contributed by atoms with van der Waals surface area (Å²) < 4.78 is 0. The Labute approximate surface area is 114 Å². The van der Waals surface area contributed by atoms with Crippen molar-refractivity contribution in [3.63, 3.8) is 0 Å². The summed E-state index contributed by atoms with van der Waals surface area (Å²) in [6, 6.07) is 7.50. The summed E-state index contributed by atoms with van der Waals surface area (Å²) in [6.45, 7) is 8.34. The lowest BCUT2D eigenvalue weighted by Gasteiger charge is -2.20. The highest BCUT2D eigenvalue weighted by Crippen LogP contribution is 2.19. The second-order valence-electron chi connectivity index (χ2n) is 4.16. The molecule has 0 aliphatic heterocycles. The molecule has 0 heterocycles. The zero-order valence-electron chi connectivity index (χ0n) is 11.0. The minimum absolute atomic E-state index is 0.596. The van der Waals surface area contributed by atoms with Crippen molar-refractivity contribution in [3.05, 3.63) is 28.8 Å². The van der Waals surface area contributed by atoms with E-state index in [1.165, 1.54) is 0 Å². The summed E-state index contributed by atoms with van der Waals surface area (Å²) in [6.07, 6.45) is 1.16. The normalized spacial score (nSPS) is 10.4. The van der Waals surface area contributed by atoms with E-state index in [1.807, 2.05) is 6.07 Å². The summed E-state index contributed by atoms with van der Waals surface area (Å²) in [7, 11) is 0. The van der Waals surface area contributed by atoms with Gasteiger partial charge < -0.3 is 10.2 Å². The fourth-order valence-corrected chi connectivity index (χ4v) is 2.03. The Kier molecular flexibility index (Phi) is 6.56. The van der Waals surface area contributed by atoms with Crippen molar-refractivity contribution >= 4 is 17.3 Å². The van der Waals surface area contributed by atoms with Crippen molar-refractivity contribution in [1.82, 2.24) is 4.90 Å². The third-order valence-corrected chi connectivity index (χ3v) is 3.07. The van der Waals surface area contributed by atoms with E-state index in [1.54, 1.807) is 12.1 Å². The van der Waals surface area contributed by atoms with Gasteiger partial charge in [-0.2, -0.15) is 5.26 Å². The van der Waals surface area contributed by atoms with Gasteiger partial charge in [0.1, 0.15) is 6.07 Å². The molecule has 1 rings (SSSR count). The lowest BCUT2D eigenvalue weighted by molar-refractivity contribution is 0.300. The van der Waals surface area contributed by atoms with E-state index < -0.39 is 0 Å². The Morgan fingerprint density at radius 2 is 2.11 bits per heavy atom. The summed E-state index contributed by atoms with van der Waals surface area (Å²) in [4.78, 5) is 2.38. The van der Waals surface area contributed by atoms with Crippen LogP contribution in [0.3, 0.4) is 0 Å². The van der Waals surface area contributed by atoms with Crippen LogP contribution < -0.4 is 5.32 Å². The first-order chi connectivity index (χ1) is 8.71. The van der Waals surface area contributed by atoms with Gasteiger partial charge in [-0.3, -0.25) is 0 Å². The second kappa shape index (κ2) is 7.97. The van der Waals surface area contributed by atoms with Gasteiger partial charge in [0.05, 0.1) is 11.3 Å². The topological polar surface area (TPSA) is 39.1 Å². The molecule has 0 amide bonds. The molecule has 0 unspecified atom stereocenters. The molecular formula is C14H20ClN3. The van der Waals surface area contributed by atoms with E-state index in [2.05, 4.69) is 30.1 Å². The van der Waals surface area contributed by atoms with Crippen LogP contribution >= 0.6 is 11.6 Å². The molecule has 0 fully saturated rings. The van der Waals surface area contributed by atoms with Gasteiger partial charge in [-0.1, -0.05) is 25.4 Å². The second-order valence-corrected chi connectivity index (χ2v) is 4.60. The van der Waals surface area contributed by atoms with Crippen LogP contribution in [0, 0.1) is 11.3 Å². The molecule has 1 aromatic carbocycles. The van der Waals surface area contributed by atoms with Gasteiger partial charge in [0.15, 0.2) is 0 Å². The Hall–Kier alpha value is -1.24. The fourth-order valence-electron chi connectivity index (χ4n) is 1.86. The van der Waals surface area contributed by atoms with E-state index in [-0.39, 0.29) is 0 Å². The first kappa shape index (κ1) is 14.8. The molecule has 18 heavy (non-hydrogen) atoms. The van der Waals surface area contributed by atoms with Crippen LogP contribution in [0.1, 0.15) is 25.8 Å². The van der Waals surface area contributed by atoms with Crippen molar-refractivity contribution in [2.45, 2.75) is 20.3 Å². The number of nitrogens with one attached hydrogen (secondary N) is 1. The molecule has 0 spiro atoms. The van der Waals surface area contributed by atoms with Gasteiger partial charge in [0, 0.05) is 18.1 Å². The summed E-state index contributed by atoms with van der Waals surface area (Å²) in [5, 5.41) is 12.9. The third kappa shape index (κ3) is 4.56. The first-order valence-electron chi connectivity index (χ1n) is 6.37. The molecule has 1 aromatic rings. The number of nitriles is 1. The van der Waals surface area contributed by atoms with E-state index in [0.29, 0.717) is 10.6 Å². The largest absolute Gasteiger partial charge is 0.383 e. The predicted molar refractivity (Wildman–Crippen MR) is 77.1 cm³/mol. The first-order valence-corrected chi connectivity index (χ1v) is 6.75. The summed E-state index contributed by atoms with van der Waals surface area (Å²) in [5.41, 5.74) is 1.45. The fraction of sp³-hybridized carbons (Fsp3) is 0.500. The zero-order valence-corrected chi connectivity index (χ0v) is 11.8. The minimum Gasteiger partial charge on any atom is -0.383 e. The molecule has 0 atom stereocenters. The molecule has 3 nitrogen and oxygen atoms in total. The van der Waals surface area contributed by atoms with Crippen molar-refractivity contribution in [1.29, 1.82) is 5.26 Å². The zero-order chi connectivity index (χ0) is 13.4. The number of hydrogen-bond donors (Lipinski definition) is 1. The lowest BCUT2D eigenvalue weighted by atomic mass is 10.2. The number of nitrogens with zero attached hydrogens (tertiary/aromatic N) is 2. The maximum Gasteiger partial charge on any atom is 0.101 e. The molecule has 0 aromatic heterocycles. The van der Waals surface area contributed by atoms with Crippen LogP contribution in [0.25, 0.3) is 0 Å². The number of likely N-dealkylation sites (N-methyl/N-ethyl adjacent to an activating group) is 1. The van der Waals surface area contributed by atoms with E-state index in [4.69, 9.17) is 16.9 Å². The molecular weight excluding hydrogens is 246 g/mol. The van der Waals surface area contributed by atoms with Crippen molar-refractivity contribution in [3.8, 4) is 6.07 Å². The van der Waals surface area contributed by atoms with Crippen LogP contribution in [0.15, 0.2) is 18.2 Å². The monoisotopic (exact) mass is 265 g/mol. The highest BCUT2D eigenvalue weighted by molar-refractivity contribution is 6.30. The highest BCUT2D eigenvalue weighted by atomic mass is 35.5. The SMILES string of the molecule is CCCN(CC)CCNc1ccc(Cl)cc1C#N. The number of benzene rings is 1. The van der Waals surface area contributed by atoms with Crippen LogP contribution in [-0.4, -0.2) is 31.1 Å². The number of hydrogen-bond acceptors (Lipinski definition) is 3. The number of halogens is 1.